The van der Waals surface area contributed by atoms with Gasteiger partial charge in [0, 0.05) is 12.8 Å². The Labute approximate surface area is 101 Å². The standard InChI is InChI=1S/C12H17NO4/c1-3-16-8-9-17-12(14)10-6-4-5-7-13-11(10)15-2/h4-7,10H,3,8-9H2,1-2H3. The van der Waals surface area contributed by atoms with Gasteiger partial charge in [-0.25, -0.2) is 4.99 Å². The Balaban J connectivity index is 2.49. The molecule has 1 aliphatic heterocycles. The number of carbonyl (C=O) groups is 1. The molecule has 0 amide bonds. The van der Waals surface area contributed by atoms with Gasteiger partial charge in [0.15, 0.2) is 5.92 Å². The Bertz CT molecular complexity index is 333. The quantitative estimate of drug-likeness (QED) is 0.536. The average Bonchev–Trinajstić information content (AvgIpc) is 2.59. The lowest BCUT2D eigenvalue weighted by molar-refractivity contribution is -0.146. The van der Waals surface area contributed by atoms with Crippen LogP contribution in [0.25, 0.3) is 0 Å². The van der Waals surface area contributed by atoms with Gasteiger partial charge in [0.1, 0.15) is 6.61 Å². The van der Waals surface area contributed by atoms with Crippen molar-refractivity contribution in [3.63, 3.8) is 0 Å². The number of esters is 1. The molecule has 1 atom stereocenters. The molecule has 0 radical (unpaired) electrons. The molecule has 1 unspecified atom stereocenters. The first-order valence-corrected chi connectivity index (χ1v) is 5.49. The highest BCUT2D eigenvalue weighted by Crippen LogP contribution is 2.10. The Hall–Kier alpha value is -1.62. The molecule has 0 spiro atoms. The van der Waals surface area contributed by atoms with Crippen molar-refractivity contribution in [2.45, 2.75) is 6.92 Å². The van der Waals surface area contributed by atoms with E-state index in [1.807, 2.05) is 6.92 Å². The number of hydrogen-bond donors (Lipinski definition) is 0. The molecule has 0 N–H and O–H groups in total. The fourth-order valence-corrected chi connectivity index (χ4v) is 1.30. The zero-order valence-corrected chi connectivity index (χ0v) is 10.1. The van der Waals surface area contributed by atoms with E-state index in [1.54, 1.807) is 24.4 Å². The molecular formula is C12H17NO4. The van der Waals surface area contributed by atoms with Gasteiger partial charge < -0.3 is 14.2 Å². The van der Waals surface area contributed by atoms with Gasteiger partial charge in [-0.3, -0.25) is 4.79 Å². The van der Waals surface area contributed by atoms with E-state index in [0.29, 0.717) is 19.1 Å². The summed E-state index contributed by atoms with van der Waals surface area (Å²) in [5.74, 6) is -0.640. The van der Waals surface area contributed by atoms with E-state index in [-0.39, 0.29) is 12.6 Å². The van der Waals surface area contributed by atoms with Crippen molar-refractivity contribution in [3.8, 4) is 0 Å². The Morgan fingerprint density at radius 2 is 2.24 bits per heavy atom. The third kappa shape index (κ3) is 4.40. The first-order chi connectivity index (χ1) is 8.29. The molecule has 1 aliphatic rings. The van der Waals surface area contributed by atoms with Crippen molar-refractivity contribution in [2.24, 2.45) is 10.9 Å². The number of carbonyl (C=O) groups excluding carboxylic acids is 1. The van der Waals surface area contributed by atoms with Crippen LogP contribution in [-0.4, -0.2) is 38.8 Å². The normalized spacial score (nSPS) is 18.5. The molecule has 1 rings (SSSR count). The molecule has 0 saturated heterocycles. The minimum atomic E-state index is -0.586. The highest BCUT2D eigenvalue weighted by atomic mass is 16.6. The number of nitrogens with zero attached hydrogens (tertiary/aromatic N) is 1. The summed E-state index contributed by atoms with van der Waals surface area (Å²) in [6, 6.07) is 0. The van der Waals surface area contributed by atoms with Gasteiger partial charge >= 0.3 is 5.97 Å². The van der Waals surface area contributed by atoms with Crippen LogP contribution in [0, 0.1) is 5.92 Å². The number of hydrogen-bond acceptors (Lipinski definition) is 5. The van der Waals surface area contributed by atoms with Gasteiger partial charge in [0.25, 0.3) is 0 Å². The number of ether oxygens (including phenoxy) is 3. The maximum atomic E-state index is 11.8. The summed E-state index contributed by atoms with van der Waals surface area (Å²) in [5.41, 5.74) is 0. The van der Waals surface area contributed by atoms with E-state index in [0.717, 1.165) is 0 Å². The fourth-order valence-electron chi connectivity index (χ4n) is 1.30. The lowest BCUT2D eigenvalue weighted by Crippen LogP contribution is -2.26. The van der Waals surface area contributed by atoms with E-state index in [2.05, 4.69) is 4.99 Å². The number of rotatable bonds is 5. The fraction of sp³-hybridized carbons (Fsp3) is 0.500. The summed E-state index contributed by atoms with van der Waals surface area (Å²) in [6.07, 6.45) is 6.73. The van der Waals surface area contributed by atoms with Crippen LogP contribution in [0.1, 0.15) is 6.92 Å². The Morgan fingerprint density at radius 3 is 2.94 bits per heavy atom. The largest absolute Gasteiger partial charge is 0.483 e. The Morgan fingerprint density at radius 1 is 1.41 bits per heavy atom. The van der Waals surface area contributed by atoms with Crippen LogP contribution in [0.4, 0.5) is 0 Å². The van der Waals surface area contributed by atoms with E-state index in [4.69, 9.17) is 14.2 Å². The van der Waals surface area contributed by atoms with Crippen LogP contribution in [0.15, 0.2) is 29.4 Å². The molecule has 0 aromatic rings. The van der Waals surface area contributed by atoms with E-state index in [9.17, 15) is 4.79 Å². The van der Waals surface area contributed by atoms with Crippen molar-refractivity contribution >= 4 is 11.9 Å². The van der Waals surface area contributed by atoms with Gasteiger partial charge in [-0.2, -0.15) is 0 Å². The lowest BCUT2D eigenvalue weighted by atomic mass is 10.1. The summed E-state index contributed by atoms with van der Waals surface area (Å²) in [4.78, 5) is 15.8. The molecule has 0 saturated carbocycles. The predicted octanol–water partition coefficient (Wildman–Crippen LogP) is 1.31. The second-order valence-electron chi connectivity index (χ2n) is 3.24. The van der Waals surface area contributed by atoms with Crippen molar-refractivity contribution in [1.82, 2.24) is 0 Å². The zero-order chi connectivity index (χ0) is 12.5. The third-order valence-corrected chi connectivity index (χ3v) is 2.11. The second kappa shape index (κ2) is 7.62. The predicted molar refractivity (Wildman–Crippen MR) is 63.7 cm³/mol. The van der Waals surface area contributed by atoms with Gasteiger partial charge in [0.2, 0.25) is 5.90 Å². The topological polar surface area (TPSA) is 57.1 Å². The average molecular weight is 239 g/mol. The molecule has 1 heterocycles. The molecule has 0 fully saturated rings. The van der Waals surface area contributed by atoms with Crippen LogP contribution in [0.2, 0.25) is 0 Å². The summed E-state index contributed by atoms with van der Waals surface area (Å²) in [5, 5.41) is 0. The van der Waals surface area contributed by atoms with Gasteiger partial charge in [0.05, 0.1) is 13.7 Å². The molecule has 94 valence electrons. The lowest BCUT2D eigenvalue weighted by Gasteiger charge is -2.12. The van der Waals surface area contributed by atoms with Crippen LogP contribution in [0.5, 0.6) is 0 Å². The van der Waals surface area contributed by atoms with Crippen LogP contribution in [-0.2, 0) is 19.0 Å². The van der Waals surface area contributed by atoms with Crippen molar-refractivity contribution < 1.29 is 19.0 Å². The summed E-state index contributed by atoms with van der Waals surface area (Å²) in [6.45, 7) is 3.13. The monoisotopic (exact) mass is 239 g/mol. The van der Waals surface area contributed by atoms with Gasteiger partial charge in [-0.15, -0.1) is 0 Å². The minimum Gasteiger partial charge on any atom is -0.483 e. The molecule has 0 bridgehead atoms. The first kappa shape index (κ1) is 13.4. The van der Waals surface area contributed by atoms with E-state index < -0.39 is 5.92 Å². The van der Waals surface area contributed by atoms with Crippen LogP contribution >= 0.6 is 0 Å². The summed E-state index contributed by atoms with van der Waals surface area (Å²) < 4.78 is 15.2. The molecule has 17 heavy (non-hydrogen) atoms. The second-order valence-corrected chi connectivity index (χ2v) is 3.24. The van der Waals surface area contributed by atoms with Crippen molar-refractivity contribution in [2.75, 3.05) is 26.9 Å². The number of allylic oxidation sites excluding steroid dienone is 2. The molecule has 5 nitrogen and oxygen atoms in total. The Kier molecular flexibility index (Phi) is 6.03. The molecular weight excluding hydrogens is 222 g/mol. The molecule has 0 aliphatic carbocycles. The number of aliphatic imine (C=N–C) groups is 1. The van der Waals surface area contributed by atoms with E-state index >= 15 is 0 Å². The summed E-state index contributed by atoms with van der Waals surface area (Å²) >= 11 is 0. The summed E-state index contributed by atoms with van der Waals surface area (Å²) in [7, 11) is 1.48. The van der Waals surface area contributed by atoms with E-state index in [1.165, 1.54) is 7.11 Å². The van der Waals surface area contributed by atoms with Gasteiger partial charge in [-0.05, 0) is 13.0 Å². The minimum absolute atomic E-state index is 0.238. The first-order valence-electron chi connectivity index (χ1n) is 5.49. The number of methoxy groups -OCH3 is 1. The molecule has 5 heteroatoms. The maximum Gasteiger partial charge on any atom is 0.322 e. The molecule has 0 aromatic carbocycles. The third-order valence-electron chi connectivity index (χ3n) is 2.11. The van der Waals surface area contributed by atoms with Crippen molar-refractivity contribution in [3.05, 3.63) is 24.4 Å². The van der Waals surface area contributed by atoms with Crippen LogP contribution in [0.3, 0.4) is 0 Å². The van der Waals surface area contributed by atoms with Crippen LogP contribution < -0.4 is 0 Å². The SMILES string of the molecule is CCOCCOC(=O)C1C=CC=CN=C1OC. The highest BCUT2D eigenvalue weighted by Gasteiger charge is 2.24. The smallest absolute Gasteiger partial charge is 0.322 e. The highest BCUT2D eigenvalue weighted by molar-refractivity contribution is 6.00. The maximum absolute atomic E-state index is 11.8. The van der Waals surface area contributed by atoms with Gasteiger partial charge in [-0.1, -0.05) is 12.2 Å². The molecule has 0 aromatic heterocycles. The van der Waals surface area contributed by atoms with Crippen molar-refractivity contribution in [1.29, 1.82) is 0 Å². The zero-order valence-electron chi connectivity index (χ0n) is 10.1.